The van der Waals surface area contributed by atoms with Crippen molar-refractivity contribution in [1.82, 2.24) is 15.6 Å². The molecule has 18 heavy (non-hydrogen) atoms. The Balaban J connectivity index is 1.43. The molecule has 4 nitrogen and oxygen atoms in total. The molecule has 2 bridgehead atoms. The Morgan fingerprint density at radius 1 is 1.44 bits per heavy atom. The highest BCUT2D eigenvalue weighted by atomic mass is 32.1. The van der Waals surface area contributed by atoms with Gasteiger partial charge >= 0.3 is 0 Å². The molecule has 2 N–H and O–H groups in total. The lowest BCUT2D eigenvalue weighted by atomic mass is 9.89. The minimum atomic E-state index is 0.175. The second kappa shape index (κ2) is 5.36. The number of hydrogen-bond acceptors (Lipinski definition) is 4. The number of amides is 1. The van der Waals surface area contributed by atoms with Gasteiger partial charge in [0, 0.05) is 23.9 Å². The number of hydrogen-bond donors (Lipinski definition) is 2. The summed E-state index contributed by atoms with van der Waals surface area (Å²) < 4.78 is 0. The molecule has 2 unspecified atom stereocenters. The highest BCUT2D eigenvalue weighted by Crippen LogP contribution is 2.32. The van der Waals surface area contributed by atoms with Gasteiger partial charge in [0.1, 0.15) is 0 Å². The summed E-state index contributed by atoms with van der Waals surface area (Å²) in [5.74, 6) is 0.744. The summed E-state index contributed by atoms with van der Waals surface area (Å²) in [7, 11) is 0. The average molecular weight is 265 g/mol. The van der Waals surface area contributed by atoms with Crippen LogP contribution in [0.5, 0.6) is 0 Å². The molecule has 1 aromatic rings. The Hall–Kier alpha value is -0.940. The largest absolute Gasteiger partial charge is 0.350 e. The number of nitrogens with zero attached hydrogens (tertiary/aromatic N) is 1. The molecule has 0 radical (unpaired) electrons. The van der Waals surface area contributed by atoms with E-state index in [9.17, 15) is 4.79 Å². The van der Waals surface area contributed by atoms with E-state index in [1.54, 1.807) is 16.8 Å². The van der Waals surface area contributed by atoms with Crippen LogP contribution in [0.2, 0.25) is 0 Å². The number of piperidine rings is 1. The minimum absolute atomic E-state index is 0.175. The Bertz CT molecular complexity index is 394. The zero-order valence-electron chi connectivity index (χ0n) is 10.4. The number of rotatable bonds is 4. The van der Waals surface area contributed by atoms with Crippen LogP contribution in [0.25, 0.3) is 0 Å². The average Bonchev–Trinajstić information content (AvgIpc) is 2.97. The molecule has 2 aliphatic rings. The number of carbonyl (C=O) groups excluding carboxylic acids is 1. The first-order valence-corrected chi connectivity index (χ1v) is 7.63. The fourth-order valence-corrected chi connectivity index (χ4v) is 3.75. The van der Waals surface area contributed by atoms with Crippen molar-refractivity contribution in [3.63, 3.8) is 0 Å². The van der Waals surface area contributed by atoms with Gasteiger partial charge in [-0.2, -0.15) is 0 Å². The summed E-state index contributed by atoms with van der Waals surface area (Å²) in [4.78, 5) is 16.0. The van der Waals surface area contributed by atoms with E-state index in [1.807, 2.05) is 5.38 Å². The fraction of sp³-hybridized carbons (Fsp3) is 0.692. The third-order valence-electron chi connectivity index (χ3n) is 3.99. The van der Waals surface area contributed by atoms with Gasteiger partial charge in [-0.3, -0.25) is 4.79 Å². The van der Waals surface area contributed by atoms with E-state index in [4.69, 9.17) is 0 Å². The number of fused-ring (bicyclic) bond motifs is 2. The van der Waals surface area contributed by atoms with Gasteiger partial charge in [0.15, 0.2) is 0 Å². The van der Waals surface area contributed by atoms with Crippen LogP contribution >= 0.6 is 11.3 Å². The molecule has 3 heterocycles. The molecule has 1 amide bonds. The molecule has 2 atom stereocenters. The second-order valence-corrected chi connectivity index (χ2v) is 6.15. The van der Waals surface area contributed by atoms with Crippen molar-refractivity contribution in [3.8, 4) is 0 Å². The smallest absolute Gasteiger partial charge is 0.220 e. The topological polar surface area (TPSA) is 54.0 Å². The fourth-order valence-electron chi connectivity index (χ4n) is 3.19. The molecule has 2 saturated heterocycles. The van der Waals surface area contributed by atoms with E-state index < -0.39 is 0 Å². The molecule has 0 saturated carbocycles. The SMILES string of the molecule is O=C(CC1CC2CCC(C1)N2)NCc1cscn1. The lowest BCUT2D eigenvalue weighted by molar-refractivity contribution is -0.122. The number of nitrogens with one attached hydrogen (secondary N) is 2. The molecule has 5 heteroatoms. The maximum Gasteiger partial charge on any atom is 0.220 e. The summed E-state index contributed by atoms with van der Waals surface area (Å²) in [6.45, 7) is 0.570. The van der Waals surface area contributed by atoms with E-state index in [-0.39, 0.29) is 5.91 Å². The molecule has 1 aromatic heterocycles. The molecule has 3 rings (SSSR count). The first-order chi connectivity index (χ1) is 8.79. The van der Waals surface area contributed by atoms with Crippen molar-refractivity contribution < 1.29 is 4.79 Å². The van der Waals surface area contributed by atoms with Crippen molar-refractivity contribution >= 4 is 17.2 Å². The first kappa shape index (κ1) is 12.1. The summed E-state index contributed by atoms with van der Waals surface area (Å²) in [6, 6.07) is 1.33. The van der Waals surface area contributed by atoms with Gasteiger partial charge in [0.05, 0.1) is 17.7 Å². The first-order valence-electron chi connectivity index (χ1n) is 6.69. The summed E-state index contributed by atoms with van der Waals surface area (Å²) in [6.07, 6.45) is 5.60. The lowest BCUT2D eigenvalue weighted by Crippen LogP contribution is -2.39. The van der Waals surface area contributed by atoms with Gasteiger partial charge < -0.3 is 10.6 Å². The van der Waals surface area contributed by atoms with E-state index in [1.165, 1.54) is 25.7 Å². The summed E-state index contributed by atoms with van der Waals surface area (Å²) >= 11 is 1.57. The monoisotopic (exact) mass is 265 g/mol. The third kappa shape index (κ3) is 2.90. The van der Waals surface area contributed by atoms with Gasteiger partial charge in [0.25, 0.3) is 0 Å². The van der Waals surface area contributed by atoms with Crippen LogP contribution in [0.15, 0.2) is 10.9 Å². The van der Waals surface area contributed by atoms with Crippen molar-refractivity contribution in [2.45, 2.75) is 50.7 Å². The van der Waals surface area contributed by atoms with Gasteiger partial charge in [-0.05, 0) is 31.6 Å². The van der Waals surface area contributed by atoms with E-state index in [2.05, 4.69) is 15.6 Å². The number of thiazole rings is 1. The van der Waals surface area contributed by atoms with Gasteiger partial charge in [-0.25, -0.2) is 4.98 Å². The number of aromatic nitrogens is 1. The Morgan fingerprint density at radius 2 is 2.22 bits per heavy atom. The molecule has 0 spiro atoms. The third-order valence-corrected chi connectivity index (χ3v) is 4.63. The molecule has 0 aliphatic carbocycles. The van der Waals surface area contributed by atoms with Crippen molar-refractivity contribution in [2.75, 3.05) is 0 Å². The number of carbonyl (C=O) groups is 1. The van der Waals surface area contributed by atoms with E-state index >= 15 is 0 Å². The normalized spacial score (nSPS) is 30.3. The van der Waals surface area contributed by atoms with Gasteiger partial charge in [-0.15, -0.1) is 11.3 Å². The molecular weight excluding hydrogens is 246 g/mol. The molecular formula is C13H19N3OS. The highest BCUT2D eigenvalue weighted by molar-refractivity contribution is 7.07. The molecule has 2 aliphatic heterocycles. The Morgan fingerprint density at radius 3 is 2.89 bits per heavy atom. The van der Waals surface area contributed by atoms with Crippen LogP contribution in [-0.2, 0) is 11.3 Å². The van der Waals surface area contributed by atoms with Crippen LogP contribution in [-0.4, -0.2) is 23.0 Å². The van der Waals surface area contributed by atoms with Gasteiger partial charge in [-0.1, -0.05) is 0 Å². The second-order valence-electron chi connectivity index (χ2n) is 5.44. The standard InChI is InChI=1S/C13H19N3OS/c17-13(14-6-12-7-18-8-15-12)5-9-3-10-1-2-11(4-9)16-10/h7-11,16H,1-6H2,(H,14,17). The maximum absolute atomic E-state index is 11.9. The summed E-state index contributed by atoms with van der Waals surface area (Å²) in [5, 5.41) is 8.55. The van der Waals surface area contributed by atoms with Crippen LogP contribution in [0.4, 0.5) is 0 Å². The molecule has 98 valence electrons. The quantitative estimate of drug-likeness (QED) is 0.871. The summed E-state index contributed by atoms with van der Waals surface area (Å²) in [5.41, 5.74) is 2.75. The molecule has 0 aromatic carbocycles. The van der Waals surface area contributed by atoms with Crippen LogP contribution in [0, 0.1) is 5.92 Å². The predicted molar refractivity (Wildman–Crippen MR) is 71.2 cm³/mol. The van der Waals surface area contributed by atoms with Crippen LogP contribution in [0.3, 0.4) is 0 Å². The van der Waals surface area contributed by atoms with Crippen LogP contribution < -0.4 is 10.6 Å². The Labute approximate surface area is 111 Å². The van der Waals surface area contributed by atoms with Crippen molar-refractivity contribution in [1.29, 1.82) is 0 Å². The zero-order valence-corrected chi connectivity index (χ0v) is 11.2. The van der Waals surface area contributed by atoms with Crippen molar-refractivity contribution in [3.05, 3.63) is 16.6 Å². The zero-order chi connectivity index (χ0) is 12.4. The lowest BCUT2D eigenvalue weighted by Gasteiger charge is -2.28. The van der Waals surface area contributed by atoms with Crippen LogP contribution in [0.1, 0.15) is 37.8 Å². The predicted octanol–water partition coefficient (Wildman–Crippen LogP) is 1.68. The Kier molecular flexibility index (Phi) is 3.61. The maximum atomic E-state index is 11.9. The molecule has 2 fully saturated rings. The van der Waals surface area contributed by atoms with Crippen molar-refractivity contribution in [2.24, 2.45) is 5.92 Å². The van der Waals surface area contributed by atoms with E-state index in [0.717, 1.165) is 5.69 Å². The van der Waals surface area contributed by atoms with E-state index in [0.29, 0.717) is 31.0 Å². The highest BCUT2D eigenvalue weighted by Gasteiger charge is 2.34. The van der Waals surface area contributed by atoms with Gasteiger partial charge in [0.2, 0.25) is 5.91 Å². The minimum Gasteiger partial charge on any atom is -0.350 e.